The highest BCUT2D eigenvalue weighted by Crippen LogP contribution is 2.37. The minimum Gasteiger partial charge on any atom is -0.393 e. The molecule has 0 N–H and O–H groups in total. The molecular weight excluding hydrogens is 168 g/mol. The molecule has 1 aliphatic carbocycles. The summed E-state index contributed by atoms with van der Waals surface area (Å²) >= 11 is 0. The first-order valence-electron chi connectivity index (χ1n) is 4.94. The van der Waals surface area contributed by atoms with Crippen LogP contribution in [0.5, 0.6) is 0 Å². The van der Waals surface area contributed by atoms with Gasteiger partial charge in [-0.2, -0.15) is 0 Å². The summed E-state index contributed by atoms with van der Waals surface area (Å²) in [6, 6.07) is 0. The SMILES string of the molecule is CC1CCC2C(=O)OC(=O)C2CC1. The Balaban J connectivity index is 2.14. The summed E-state index contributed by atoms with van der Waals surface area (Å²) in [6.45, 7) is 2.18. The molecule has 3 nitrogen and oxygen atoms in total. The van der Waals surface area contributed by atoms with E-state index in [0.717, 1.165) is 25.7 Å². The van der Waals surface area contributed by atoms with Gasteiger partial charge in [-0.3, -0.25) is 9.59 Å². The number of cyclic esters (lactones) is 2. The second kappa shape index (κ2) is 3.13. The van der Waals surface area contributed by atoms with Crippen molar-refractivity contribution in [2.75, 3.05) is 0 Å². The highest BCUT2D eigenvalue weighted by Gasteiger charge is 2.44. The van der Waals surface area contributed by atoms with E-state index in [2.05, 4.69) is 11.7 Å². The van der Waals surface area contributed by atoms with Crippen molar-refractivity contribution in [1.82, 2.24) is 0 Å². The van der Waals surface area contributed by atoms with Gasteiger partial charge in [0.15, 0.2) is 0 Å². The van der Waals surface area contributed by atoms with E-state index in [4.69, 9.17) is 0 Å². The third-order valence-electron chi connectivity index (χ3n) is 3.23. The normalized spacial score (nSPS) is 39.6. The first-order valence-corrected chi connectivity index (χ1v) is 4.94. The zero-order valence-corrected chi connectivity index (χ0v) is 7.79. The summed E-state index contributed by atoms with van der Waals surface area (Å²) in [5, 5.41) is 0. The highest BCUT2D eigenvalue weighted by atomic mass is 16.6. The monoisotopic (exact) mass is 182 g/mol. The van der Waals surface area contributed by atoms with Crippen molar-refractivity contribution in [1.29, 1.82) is 0 Å². The Morgan fingerprint density at radius 1 is 1.00 bits per heavy atom. The van der Waals surface area contributed by atoms with Crippen LogP contribution in [-0.4, -0.2) is 11.9 Å². The van der Waals surface area contributed by atoms with E-state index >= 15 is 0 Å². The molecule has 3 heteroatoms. The Labute approximate surface area is 77.4 Å². The molecule has 2 rings (SSSR count). The standard InChI is InChI=1S/C10H14O3/c1-6-2-4-7-8(5-3-6)10(12)13-9(7)11/h6-8H,2-5H2,1H3. The zero-order chi connectivity index (χ0) is 9.42. The van der Waals surface area contributed by atoms with E-state index in [-0.39, 0.29) is 23.8 Å². The number of ether oxygens (including phenoxy) is 1. The lowest BCUT2D eigenvalue weighted by molar-refractivity contribution is -0.154. The molecule has 2 unspecified atom stereocenters. The number of carbonyl (C=O) groups excluding carboxylic acids is 2. The van der Waals surface area contributed by atoms with Crippen LogP contribution < -0.4 is 0 Å². The Morgan fingerprint density at radius 3 is 1.92 bits per heavy atom. The molecule has 0 radical (unpaired) electrons. The fraction of sp³-hybridized carbons (Fsp3) is 0.800. The van der Waals surface area contributed by atoms with E-state index in [1.54, 1.807) is 0 Å². The van der Waals surface area contributed by atoms with Crippen LogP contribution in [0.2, 0.25) is 0 Å². The van der Waals surface area contributed by atoms with Crippen LogP contribution in [0.4, 0.5) is 0 Å². The Kier molecular flexibility index (Phi) is 2.10. The average molecular weight is 182 g/mol. The summed E-state index contributed by atoms with van der Waals surface area (Å²) in [5.41, 5.74) is 0. The van der Waals surface area contributed by atoms with Crippen molar-refractivity contribution >= 4 is 11.9 Å². The first-order chi connectivity index (χ1) is 6.18. The molecule has 13 heavy (non-hydrogen) atoms. The molecule has 1 saturated carbocycles. The maximum Gasteiger partial charge on any atom is 0.317 e. The third kappa shape index (κ3) is 1.47. The Morgan fingerprint density at radius 2 is 1.46 bits per heavy atom. The van der Waals surface area contributed by atoms with Crippen LogP contribution in [0.3, 0.4) is 0 Å². The minimum atomic E-state index is -0.288. The highest BCUT2D eigenvalue weighted by molar-refractivity contribution is 5.96. The van der Waals surface area contributed by atoms with Gasteiger partial charge in [0.1, 0.15) is 0 Å². The lowest BCUT2D eigenvalue weighted by atomic mass is 9.91. The van der Waals surface area contributed by atoms with Crippen LogP contribution in [0.25, 0.3) is 0 Å². The van der Waals surface area contributed by atoms with Gasteiger partial charge in [0, 0.05) is 0 Å². The topological polar surface area (TPSA) is 43.4 Å². The van der Waals surface area contributed by atoms with E-state index in [9.17, 15) is 9.59 Å². The average Bonchev–Trinajstić information content (AvgIpc) is 2.27. The van der Waals surface area contributed by atoms with Crippen LogP contribution in [-0.2, 0) is 14.3 Å². The van der Waals surface area contributed by atoms with Gasteiger partial charge in [0.25, 0.3) is 0 Å². The van der Waals surface area contributed by atoms with Crippen LogP contribution in [0.15, 0.2) is 0 Å². The molecule has 0 amide bonds. The number of hydrogen-bond acceptors (Lipinski definition) is 3. The van der Waals surface area contributed by atoms with Gasteiger partial charge in [-0.25, -0.2) is 0 Å². The maximum atomic E-state index is 11.2. The van der Waals surface area contributed by atoms with E-state index in [1.165, 1.54) is 0 Å². The molecule has 2 aliphatic rings. The number of carbonyl (C=O) groups is 2. The van der Waals surface area contributed by atoms with Crippen molar-refractivity contribution < 1.29 is 14.3 Å². The lowest BCUT2D eigenvalue weighted by Gasteiger charge is -2.06. The van der Waals surface area contributed by atoms with Gasteiger partial charge in [-0.15, -0.1) is 0 Å². The Hall–Kier alpha value is -0.860. The third-order valence-corrected chi connectivity index (χ3v) is 3.23. The lowest BCUT2D eigenvalue weighted by Crippen LogP contribution is -2.15. The van der Waals surface area contributed by atoms with Gasteiger partial charge in [0.2, 0.25) is 0 Å². The second-order valence-electron chi connectivity index (χ2n) is 4.21. The van der Waals surface area contributed by atoms with Gasteiger partial charge in [-0.1, -0.05) is 6.92 Å². The molecule has 0 aromatic rings. The molecule has 0 bridgehead atoms. The molecule has 1 saturated heterocycles. The molecule has 1 aliphatic heterocycles. The van der Waals surface area contributed by atoms with E-state index < -0.39 is 0 Å². The molecule has 0 aromatic carbocycles. The van der Waals surface area contributed by atoms with Gasteiger partial charge >= 0.3 is 11.9 Å². The van der Waals surface area contributed by atoms with Crippen LogP contribution in [0.1, 0.15) is 32.6 Å². The van der Waals surface area contributed by atoms with Crippen LogP contribution in [0, 0.1) is 17.8 Å². The predicted molar refractivity (Wildman–Crippen MR) is 45.7 cm³/mol. The minimum absolute atomic E-state index is 0.127. The molecule has 0 aromatic heterocycles. The smallest absolute Gasteiger partial charge is 0.317 e. The molecule has 72 valence electrons. The first kappa shape index (κ1) is 8.73. The summed E-state index contributed by atoms with van der Waals surface area (Å²) in [5.74, 6) is -0.186. The molecule has 0 spiro atoms. The van der Waals surface area contributed by atoms with Crippen LogP contribution >= 0.6 is 0 Å². The summed E-state index contributed by atoms with van der Waals surface area (Å²) in [6.07, 6.45) is 3.75. The molecular formula is C10H14O3. The van der Waals surface area contributed by atoms with Crippen molar-refractivity contribution in [2.45, 2.75) is 32.6 Å². The van der Waals surface area contributed by atoms with Gasteiger partial charge < -0.3 is 4.74 Å². The second-order valence-corrected chi connectivity index (χ2v) is 4.21. The largest absolute Gasteiger partial charge is 0.393 e. The summed E-state index contributed by atoms with van der Waals surface area (Å²) < 4.78 is 4.62. The number of hydrogen-bond donors (Lipinski definition) is 0. The van der Waals surface area contributed by atoms with Crippen molar-refractivity contribution in [3.05, 3.63) is 0 Å². The van der Waals surface area contributed by atoms with Gasteiger partial charge in [0.05, 0.1) is 11.8 Å². The molecule has 1 heterocycles. The predicted octanol–water partition coefficient (Wildman–Crippen LogP) is 1.51. The van der Waals surface area contributed by atoms with E-state index in [0.29, 0.717) is 5.92 Å². The quantitative estimate of drug-likeness (QED) is 0.421. The fourth-order valence-corrected chi connectivity index (χ4v) is 2.29. The molecule has 2 fully saturated rings. The zero-order valence-electron chi connectivity index (χ0n) is 7.79. The van der Waals surface area contributed by atoms with Crippen molar-refractivity contribution in [2.24, 2.45) is 17.8 Å². The number of rotatable bonds is 0. The number of esters is 2. The Bertz CT molecular complexity index is 223. The fourth-order valence-electron chi connectivity index (χ4n) is 2.29. The van der Waals surface area contributed by atoms with Crippen molar-refractivity contribution in [3.8, 4) is 0 Å². The summed E-state index contributed by atoms with van der Waals surface area (Å²) in [4.78, 5) is 22.5. The van der Waals surface area contributed by atoms with E-state index in [1.807, 2.05) is 0 Å². The maximum absolute atomic E-state index is 11.2. The van der Waals surface area contributed by atoms with Gasteiger partial charge in [-0.05, 0) is 31.6 Å². The summed E-state index contributed by atoms with van der Waals surface area (Å²) in [7, 11) is 0. The number of fused-ring (bicyclic) bond motifs is 1. The molecule has 2 atom stereocenters. The van der Waals surface area contributed by atoms with Crippen molar-refractivity contribution in [3.63, 3.8) is 0 Å².